The van der Waals surface area contributed by atoms with E-state index in [0.29, 0.717) is 20.5 Å². The fourth-order valence-corrected chi connectivity index (χ4v) is 3.32. The van der Waals surface area contributed by atoms with Gasteiger partial charge >= 0.3 is 12.1 Å². The number of halogens is 3. The molecule has 11 heteroatoms. The fraction of sp³-hybridized carbons (Fsp3) is 0.353. The summed E-state index contributed by atoms with van der Waals surface area (Å²) < 4.78 is 38.5. The third kappa shape index (κ3) is 7.44. The number of carbonyl (C=O) groups excluding carboxylic acids is 2. The Morgan fingerprint density at radius 1 is 1.32 bits per heavy atom. The molecule has 0 heterocycles. The Hall–Kier alpha value is -1.59. The molecule has 0 saturated heterocycles. The molecule has 0 atom stereocenters. The molecule has 1 aromatic carbocycles. The lowest BCUT2D eigenvalue weighted by Gasteiger charge is -2.24. The van der Waals surface area contributed by atoms with E-state index in [1.54, 1.807) is 20.8 Å². The van der Waals surface area contributed by atoms with Gasteiger partial charge in [-0.15, -0.1) is 3.89 Å². The second kappa shape index (κ2) is 10.8. The summed E-state index contributed by atoms with van der Waals surface area (Å²) in [5.41, 5.74) is -0.774. The number of thioether (sulfide) groups is 1. The Kier molecular flexibility index (Phi) is 9.45. The van der Waals surface area contributed by atoms with Crippen LogP contribution in [0, 0.1) is 5.82 Å². The molecule has 1 rings (SSSR count). The number of amidine groups is 1. The summed E-state index contributed by atoms with van der Waals surface area (Å²) in [4.78, 5) is 28.1. The van der Waals surface area contributed by atoms with Gasteiger partial charge in [-0.05, 0) is 56.8 Å². The van der Waals surface area contributed by atoms with Crippen molar-refractivity contribution in [3.63, 3.8) is 0 Å². The van der Waals surface area contributed by atoms with Crippen LogP contribution in [0.2, 0.25) is 0 Å². The lowest BCUT2D eigenvalue weighted by molar-refractivity contribution is -0.135. The number of carbonyl (C=O) groups is 2. The second-order valence-corrected chi connectivity index (χ2v) is 8.55. The van der Waals surface area contributed by atoms with Gasteiger partial charge in [0, 0.05) is 17.1 Å². The minimum atomic E-state index is -1.01. The van der Waals surface area contributed by atoms with E-state index in [2.05, 4.69) is 20.9 Å². The summed E-state index contributed by atoms with van der Waals surface area (Å²) >= 11 is 3.43. The molecule has 0 aliphatic rings. The predicted molar refractivity (Wildman–Crippen MR) is 112 cm³/mol. The zero-order chi connectivity index (χ0) is 21.5. The van der Waals surface area contributed by atoms with Gasteiger partial charge in [-0.3, -0.25) is 4.99 Å². The number of methoxy groups -OCH3 is 1. The van der Waals surface area contributed by atoms with Crippen molar-refractivity contribution >= 4 is 63.3 Å². The Labute approximate surface area is 179 Å². The Bertz CT molecular complexity index is 798. The number of esters is 1. The summed E-state index contributed by atoms with van der Waals surface area (Å²) in [7, 11) is 2.46. The number of hydrogen-bond donors (Lipinski definition) is 0. The van der Waals surface area contributed by atoms with Crippen LogP contribution in [0.5, 0.6) is 0 Å². The van der Waals surface area contributed by atoms with Crippen LogP contribution in [-0.2, 0) is 14.3 Å². The van der Waals surface area contributed by atoms with Crippen LogP contribution in [0.3, 0.4) is 0 Å². The molecule has 0 N–H and O–H groups in total. The van der Waals surface area contributed by atoms with E-state index in [1.165, 1.54) is 31.3 Å². The van der Waals surface area contributed by atoms with Gasteiger partial charge in [0.2, 0.25) is 0 Å². The number of amides is 1. The van der Waals surface area contributed by atoms with Crippen molar-refractivity contribution in [1.29, 1.82) is 0 Å². The first kappa shape index (κ1) is 24.4. The molecule has 0 aliphatic heterocycles. The quantitative estimate of drug-likeness (QED) is 0.178. The molecule has 0 bridgehead atoms. The summed E-state index contributed by atoms with van der Waals surface area (Å²) in [6.07, 6.45) is 0.212. The van der Waals surface area contributed by atoms with Gasteiger partial charge in [-0.2, -0.15) is 4.31 Å². The lowest BCUT2D eigenvalue weighted by Crippen LogP contribution is -2.35. The molecule has 0 aromatic heterocycles. The minimum absolute atomic E-state index is 0.0921. The highest BCUT2D eigenvalue weighted by molar-refractivity contribution is 9.10. The SMILES string of the molecule is CN=C(S/C(=C\c1cc(Br)ccc1F)C(=O)OC)N(SF)C(=O)OC(C)(C)C. The number of benzene rings is 1. The largest absolute Gasteiger partial charge is 0.465 e. The van der Waals surface area contributed by atoms with Crippen molar-refractivity contribution in [2.45, 2.75) is 26.4 Å². The van der Waals surface area contributed by atoms with Crippen molar-refractivity contribution in [3.8, 4) is 0 Å². The van der Waals surface area contributed by atoms with Gasteiger partial charge in [0.15, 0.2) is 17.5 Å². The standard InChI is InChI=1S/C17H19BrF2N2O4S2/c1-17(2,3)26-16(24)22(28-20)15(21-4)27-13(14(23)25-5)9-10-8-11(18)6-7-12(10)19/h6-9H,1-5H3/b13-9-,21-15?. The van der Waals surface area contributed by atoms with E-state index < -0.39 is 35.8 Å². The zero-order valence-corrected chi connectivity index (χ0v) is 19.0. The van der Waals surface area contributed by atoms with E-state index in [1.807, 2.05) is 0 Å². The maximum Gasteiger partial charge on any atom is 0.428 e. The van der Waals surface area contributed by atoms with Crippen LogP contribution in [-0.4, -0.2) is 41.3 Å². The second-order valence-electron chi connectivity index (χ2n) is 6.12. The van der Waals surface area contributed by atoms with Crippen molar-refractivity contribution < 1.29 is 27.3 Å². The summed E-state index contributed by atoms with van der Waals surface area (Å²) in [6, 6.07) is 4.17. The molecular formula is C17H19BrF2N2O4S2. The van der Waals surface area contributed by atoms with Gasteiger partial charge in [0.25, 0.3) is 0 Å². The van der Waals surface area contributed by atoms with E-state index in [9.17, 15) is 17.9 Å². The Morgan fingerprint density at radius 3 is 2.46 bits per heavy atom. The molecule has 0 fully saturated rings. The highest BCUT2D eigenvalue weighted by Gasteiger charge is 2.29. The normalized spacial score (nSPS) is 12.6. The van der Waals surface area contributed by atoms with Crippen LogP contribution < -0.4 is 0 Å². The van der Waals surface area contributed by atoms with Gasteiger partial charge in [0.1, 0.15) is 16.3 Å². The molecule has 28 heavy (non-hydrogen) atoms. The van der Waals surface area contributed by atoms with Gasteiger partial charge in [-0.25, -0.2) is 14.0 Å². The van der Waals surface area contributed by atoms with Crippen LogP contribution in [0.15, 0.2) is 32.6 Å². The number of rotatable bonds is 4. The van der Waals surface area contributed by atoms with Gasteiger partial charge in [-0.1, -0.05) is 15.9 Å². The molecule has 0 spiro atoms. The Morgan fingerprint density at radius 2 is 1.96 bits per heavy atom. The number of hydrogen-bond acceptors (Lipinski definition) is 7. The molecular weight excluding hydrogens is 478 g/mol. The topological polar surface area (TPSA) is 68.2 Å². The number of nitrogens with zero attached hydrogens (tertiary/aromatic N) is 2. The Balaban J connectivity index is 3.25. The molecule has 1 amide bonds. The van der Waals surface area contributed by atoms with Crippen LogP contribution >= 0.6 is 40.0 Å². The van der Waals surface area contributed by atoms with E-state index in [4.69, 9.17) is 9.47 Å². The summed E-state index contributed by atoms with van der Waals surface area (Å²) in [5.74, 6) is -1.39. The van der Waals surface area contributed by atoms with Crippen molar-refractivity contribution in [3.05, 3.63) is 39.0 Å². The molecule has 0 aliphatic carbocycles. The maximum atomic E-state index is 14.0. The molecule has 0 radical (unpaired) electrons. The van der Waals surface area contributed by atoms with Crippen LogP contribution in [0.1, 0.15) is 26.3 Å². The first-order valence-electron chi connectivity index (χ1n) is 7.74. The third-order valence-corrected chi connectivity index (χ3v) is 4.95. The summed E-state index contributed by atoms with van der Waals surface area (Å²) in [6.45, 7) is 4.87. The van der Waals surface area contributed by atoms with Crippen molar-refractivity contribution in [2.75, 3.05) is 14.2 Å². The predicted octanol–water partition coefficient (Wildman–Crippen LogP) is 5.59. The van der Waals surface area contributed by atoms with E-state index in [0.717, 1.165) is 7.11 Å². The number of aliphatic imine (C=N–C) groups is 1. The maximum absolute atomic E-state index is 14.0. The van der Waals surface area contributed by atoms with Gasteiger partial charge < -0.3 is 9.47 Å². The van der Waals surface area contributed by atoms with Gasteiger partial charge in [0.05, 0.1) is 7.11 Å². The zero-order valence-electron chi connectivity index (χ0n) is 15.8. The average Bonchev–Trinajstić information content (AvgIpc) is 2.61. The minimum Gasteiger partial charge on any atom is -0.465 e. The molecule has 6 nitrogen and oxygen atoms in total. The smallest absolute Gasteiger partial charge is 0.428 e. The van der Waals surface area contributed by atoms with Crippen LogP contribution in [0.25, 0.3) is 6.08 Å². The van der Waals surface area contributed by atoms with E-state index in [-0.39, 0.29) is 15.6 Å². The molecule has 154 valence electrons. The van der Waals surface area contributed by atoms with Crippen molar-refractivity contribution in [1.82, 2.24) is 4.31 Å². The molecule has 1 aromatic rings. The molecule has 0 saturated carbocycles. The third-order valence-electron chi connectivity index (χ3n) is 2.83. The lowest BCUT2D eigenvalue weighted by atomic mass is 10.2. The first-order valence-corrected chi connectivity index (χ1v) is 10.0. The fourth-order valence-electron chi connectivity index (χ4n) is 1.71. The molecule has 0 unspecified atom stereocenters. The van der Waals surface area contributed by atoms with Crippen molar-refractivity contribution in [2.24, 2.45) is 4.99 Å². The highest BCUT2D eigenvalue weighted by atomic mass is 79.9. The number of ether oxygens (including phenoxy) is 2. The monoisotopic (exact) mass is 496 g/mol. The highest BCUT2D eigenvalue weighted by Crippen LogP contribution is 2.30. The van der Waals surface area contributed by atoms with Crippen LogP contribution in [0.4, 0.5) is 13.1 Å². The summed E-state index contributed by atoms with van der Waals surface area (Å²) in [5, 5.41) is -0.186. The van der Waals surface area contributed by atoms with E-state index >= 15 is 0 Å². The first-order chi connectivity index (χ1) is 13.0. The average molecular weight is 497 g/mol.